The summed E-state index contributed by atoms with van der Waals surface area (Å²) in [6, 6.07) is 8.01. The highest BCUT2D eigenvalue weighted by Crippen LogP contribution is 2.16. The lowest BCUT2D eigenvalue weighted by Gasteiger charge is -2.28. The molecule has 1 aliphatic rings. The molecule has 6 heteroatoms. The van der Waals surface area contributed by atoms with Gasteiger partial charge in [0.1, 0.15) is 11.5 Å². The number of benzene rings is 1. The Bertz CT molecular complexity index is 734. The van der Waals surface area contributed by atoms with E-state index in [-0.39, 0.29) is 11.8 Å². The van der Waals surface area contributed by atoms with Crippen molar-refractivity contribution in [3.63, 3.8) is 0 Å². The van der Waals surface area contributed by atoms with Gasteiger partial charge in [-0.1, -0.05) is 29.8 Å². The molecule has 0 aliphatic carbocycles. The van der Waals surface area contributed by atoms with Gasteiger partial charge < -0.3 is 14.8 Å². The van der Waals surface area contributed by atoms with Crippen LogP contribution in [0, 0.1) is 6.92 Å². The number of rotatable bonds is 3. The molecule has 0 radical (unpaired) electrons. The average Bonchev–Trinajstić information content (AvgIpc) is 2.99. The Kier molecular flexibility index (Phi) is 4.14. The van der Waals surface area contributed by atoms with Crippen LogP contribution in [-0.2, 0) is 24.3 Å². The lowest BCUT2D eigenvalue weighted by atomic mass is 10.1. The van der Waals surface area contributed by atoms with Gasteiger partial charge in [-0.2, -0.15) is 0 Å². The summed E-state index contributed by atoms with van der Waals surface area (Å²) in [5.74, 6) is 0.694. The largest absolute Gasteiger partial charge is 0.354 e. The molecule has 1 aliphatic heterocycles. The fourth-order valence-corrected chi connectivity index (χ4v) is 2.77. The number of hydrogen-bond donors (Lipinski definition) is 1. The Morgan fingerprint density at radius 2 is 1.96 bits per heavy atom. The zero-order valence-electron chi connectivity index (χ0n) is 13.4. The van der Waals surface area contributed by atoms with Crippen molar-refractivity contribution in [3.05, 3.63) is 53.1 Å². The minimum atomic E-state index is -0.150. The molecule has 6 nitrogen and oxygen atoms in total. The Morgan fingerprint density at radius 1 is 1.22 bits per heavy atom. The van der Waals surface area contributed by atoms with Crippen LogP contribution in [0.2, 0.25) is 0 Å². The summed E-state index contributed by atoms with van der Waals surface area (Å²) in [7, 11) is 1.60. The maximum atomic E-state index is 12.5. The summed E-state index contributed by atoms with van der Waals surface area (Å²) in [4.78, 5) is 30.3. The van der Waals surface area contributed by atoms with E-state index in [0.717, 1.165) is 11.4 Å². The zero-order valence-corrected chi connectivity index (χ0v) is 13.4. The molecule has 1 aromatic heterocycles. The number of aryl methyl sites for hydroxylation is 1. The number of imidazole rings is 1. The van der Waals surface area contributed by atoms with Crippen LogP contribution in [0.5, 0.6) is 0 Å². The second kappa shape index (κ2) is 6.24. The summed E-state index contributed by atoms with van der Waals surface area (Å²) in [5.41, 5.74) is 2.75. The predicted octanol–water partition coefficient (Wildman–Crippen LogP) is 1.14. The van der Waals surface area contributed by atoms with E-state index in [4.69, 9.17) is 0 Å². The number of hydrogen-bond acceptors (Lipinski definition) is 3. The topological polar surface area (TPSA) is 67.2 Å². The molecule has 1 aromatic carbocycles. The molecule has 2 amide bonds. The number of aromatic nitrogens is 2. The summed E-state index contributed by atoms with van der Waals surface area (Å²) in [5, 5.41) is 2.61. The number of carbonyl (C=O) groups excluding carboxylic acids is 2. The molecule has 2 heterocycles. The third-order valence-corrected chi connectivity index (χ3v) is 4.15. The monoisotopic (exact) mass is 312 g/mol. The van der Waals surface area contributed by atoms with Crippen LogP contribution >= 0.6 is 0 Å². The number of fused-ring (bicyclic) bond motifs is 1. The molecule has 3 rings (SSSR count). The van der Waals surface area contributed by atoms with E-state index in [1.807, 2.05) is 35.8 Å². The fourth-order valence-electron chi connectivity index (χ4n) is 2.77. The molecular weight excluding hydrogens is 292 g/mol. The van der Waals surface area contributed by atoms with Gasteiger partial charge in [0.25, 0.3) is 5.91 Å². The molecule has 23 heavy (non-hydrogen) atoms. The summed E-state index contributed by atoms with van der Waals surface area (Å²) in [6.45, 7) is 3.66. The van der Waals surface area contributed by atoms with Crippen LogP contribution in [0.25, 0.3) is 0 Å². The number of amides is 2. The number of nitrogens with zero attached hydrogens (tertiary/aromatic N) is 3. The average molecular weight is 312 g/mol. The quantitative estimate of drug-likeness (QED) is 0.924. The lowest BCUT2D eigenvalue weighted by Crippen LogP contribution is -2.40. The third kappa shape index (κ3) is 3.11. The molecular formula is C17H20N4O2. The van der Waals surface area contributed by atoms with Crippen molar-refractivity contribution >= 4 is 11.8 Å². The van der Waals surface area contributed by atoms with Crippen LogP contribution in [0.3, 0.4) is 0 Å². The molecule has 0 fully saturated rings. The normalized spacial score (nSPS) is 13.6. The standard InChI is InChI=1S/C17H20N4O2/c1-12-3-5-13(6-4-12)9-16(22)20-7-8-21-14(17(23)18-2)10-19-15(21)11-20/h3-6,10H,7-9,11H2,1-2H3,(H,18,23). The smallest absolute Gasteiger partial charge is 0.269 e. The first kappa shape index (κ1) is 15.3. The molecule has 0 bridgehead atoms. The second-order valence-corrected chi connectivity index (χ2v) is 5.77. The van der Waals surface area contributed by atoms with E-state index < -0.39 is 0 Å². The van der Waals surface area contributed by atoms with E-state index in [9.17, 15) is 9.59 Å². The van der Waals surface area contributed by atoms with Crippen molar-refractivity contribution in [2.45, 2.75) is 26.4 Å². The van der Waals surface area contributed by atoms with Crippen molar-refractivity contribution in [2.24, 2.45) is 0 Å². The second-order valence-electron chi connectivity index (χ2n) is 5.77. The molecule has 1 N–H and O–H groups in total. The molecule has 0 spiro atoms. The molecule has 2 aromatic rings. The van der Waals surface area contributed by atoms with Gasteiger partial charge in [0.2, 0.25) is 5.91 Å². The number of carbonyl (C=O) groups is 2. The van der Waals surface area contributed by atoms with Gasteiger partial charge in [0.15, 0.2) is 0 Å². The zero-order chi connectivity index (χ0) is 16.4. The Morgan fingerprint density at radius 3 is 2.65 bits per heavy atom. The van der Waals surface area contributed by atoms with Gasteiger partial charge in [-0.05, 0) is 12.5 Å². The Balaban J connectivity index is 1.69. The van der Waals surface area contributed by atoms with Gasteiger partial charge in [0.05, 0.1) is 19.2 Å². The third-order valence-electron chi connectivity index (χ3n) is 4.15. The molecule has 0 unspecified atom stereocenters. The minimum Gasteiger partial charge on any atom is -0.354 e. The van der Waals surface area contributed by atoms with Gasteiger partial charge in [0, 0.05) is 20.1 Å². The predicted molar refractivity (Wildman–Crippen MR) is 85.9 cm³/mol. The van der Waals surface area contributed by atoms with E-state index >= 15 is 0 Å². The maximum absolute atomic E-state index is 12.5. The molecule has 120 valence electrons. The van der Waals surface area contributed by atoms with E-state index in [0.29, 0.717) is 31.7 Å². The Labute approximate surface area is 135 Å². The summed E-state index contributed by atoms with van der Waals surface area (Å²) < 4.78 is 1.88. The van der Waals surface area contributed by atoms with Gasteiger partial charge >= 0.3 is 0 Å². The highest BCUT2D eigenvalue weighted by Gasteiger charge is 2.25. The SMILES string of the molecule is CNC(=O)c1cnc2n1CCN(C(=O)Cc1ccc(C)cc1)C2. The van der Waals surface area contributed by atoms with E-state index in [1.165, 1.54) is 5.56 Å². The van der Waals surface area contributed by atoms with Gasteiger partial charge in [-0.3, -0.25) is 9.59 Å². The summed E-state index contributed by atoms with van der Waals surface area (Å²) >= 11 is 0. The van der Waals surface area contributed by atoms with Gasteiger partial charge in [-0.25, -0.2) is 4.98 Å². The van der Waals surface area contributed by atoms with Crippen LogP contribution in [0.15, 0.2) is 30.5 Å². The van der Waals surface area contributed by atoms with Crippen LogP contribution in [-0.4, -0.2) is 39.9 Å². The highest BCUT2D eigenvalue weighted by molar-refractivity contribution is 5.92. The van der Waals surface area contributed by atoms with Crippen molar-refractivity contribution in [2.75, 3.05) is 13.6 Å². The van der Waals surface area contributed by atoms with Crippen molar-refractivity contribution in [1.29, 1.82) is 0 Å². The first-order valence-corrected chi connectivity index (χ1v) is 7.68. The van der Waals surface area contributed by atoms with Gasteiger partial charge in [-0.15, -0.1) is 0 Å². The minimum absolute atomic E-state index is 0.0876. The van der Waals surface area contributed by atoms with E-state index in [1.54, 1.807) is 18.1 Å². The molecule has 0 atom stereocenters. The molecule has 0 saturated heterocycles. The van der Waals surface area contributed by atoms with Crippen molar-refractivity contribution in [1.82, 2.24) is 19.8 Å². The van der Waals surface area contributed by atoms with Crippen molar-refractivity contribution < 1.29 is 9.59 Å². The first-order chi connectivity index (χ1) is 11.1. The van der Waals surface area contributed by atoms with Crippen LogP contribution in [0.4, 0.5) is 0 Å². The maximum Gasteiger partial charge on any atom is 0.269 e. The fraction of sp³-hybridized carbons (Fsp3) is 0.353. The Hall–Kier alpha value is -2.63. The first-order valence-electron chi connectivity index (χ1n) is 7.68. The van der Waals surface area contributed by atoms with E-state index in [2.05, 4.69) is 10.3 Å². The highest BCUT2D eigenvalue weighted by atomic mass is 16.2. The number of nitrogens with one attached hydrogen (secondary N) is 1. The van der Waals surface area contributed by atoms with Crippen molar-refractivity contribution in [3.8, 4) is 0 Å². The molecule has 0 saturated carbocycles. The summed E-state index contributed by atoms with van der Waals surface area (Å²) in [6.07, 6.45) is 1.96. The lowest BCUT2D eigenvalue weighted by molar-refractivity contribution is -0.132. The van der Waals surface area contributed by atoms with Crippen LogP contribution in [0.1, 0.15) is 27.4 Å². The van der Waals surface area contributed by atoms with Crippen LogP contribution < -0.4 is 5.32 Å².